The molecular weight excluding hydrogens is 196 g/mol. The largest absolute Gasteiger partial charge is 0.493 e. The summed E-state index contributed by atoms with van der Waals surface area (Å²) in [6, 6.07) is 6.46. The van der Waals surface area contributed by atoms with E-state index < -0.39 is 0 Å². The van der Waals surface area contributed by atoms with Gasteiger partial charge < -0.3 is 4.74 Å². The van der Waals surface area contributed by atoms with Crippen LogP contribution in [-0.4, -0.2) is 6.61 Å². The van der Waals surface area contributed by atoms with Crippen molar-refractivity contribution in [2.75, 3.05) is 6.61 Å². The van der Waals surface area contributed by atoms with Crippen molar-refractivity contribution in [3.8, 4) is 5.75 Å². The molecule has 1 aliphatic rings. The second kappa shape index (κ2) is 4.56. The van der Waals surface area contributed by atoms with Gasteiger partial charge in [0.1, 0.15) is 5.75 Å². The molecule has 84 valence electrons. The summed E-state index contributed by atoms with van der Waals surface area (Å²) >= 11 is 0. The van der Waals surface area contributed by atoms with Gasteiger partial charge in [0, 0.05) is 6.42 Å². The molecule has 2 rings (SSSR count). The Bertz CT molecular complexity index is 441. The molecule has 0 atom stereocenters. The van der Waals surface area contributed by atoms with Crippen molar-refractivity contribution >= 4 is 5.57 Å². The lowest BCUT2D eigenvalue weighted by atomic mass is 10.0. The number of fused-ring (bicyclic) bond motifs is 1. The summed E-state index contributed by atoms with van der Waals surface area (Å²) in [5, 5.41) is 0. The van der Waals surface area contributed by atoms with E-state index >= 15 is 0 Å². The topological polar surface area (TPSA) is 9.23 Å². The van der Waals surface area contributed by atoms with E-state index in [0.29, 0.717) is 0 Å². The average molecular weight is 214 g/mol. The molecule has 0 aliphatic carbocycles. The summed E-state index contributed by atoms with van der Waals surface area (Å²) < 4.78 is 5.50. The predicted molar refractivity (Wildman–Crippen MR) is 68.7 cm³/mol. The van der Waals surface area contributed by atoms with Gasteiger partial charge in [-0.25, -0.2) is 0 Å². The first-order valence-corrected chi connectivity index (χ1v) is 5.74. The normalized spacial score (nSPS) is 14.5. The van der Waals surface area contributed by atoms with Crippen LogP contribution in [0, 0.1) is 0 Å². The minimum atomic E-state index is 0.827. The molecule has 16 heavy (non-hydrogen) atoms. The van der Waals surface area contributed by atoms with Crippen molar-refractivity contribution in [3.05, 3.63) is 47.6 Å². The average Bonchev–Trinajstić information content (AvgIpc) is 2.72. The number of rotatable bonds is 3. The van der Waals surface area contributed by atoms with Crippen molar-refractivity contribution in [1.82, 2.24) is 0 Å². The van der Waals surface area contributed by atoms with Gasteiger partial charge in [0.25, 0.3) is 0 Å². The standard InChI is InChI=1S/C15H18O/c1-11(2)4-5-12(3)13-6-7-15-14(10-13)8-9-16-15/h5-7,10H,1,4,8-9H2,2-3H3/b12-5+. The van der Waals surface area contributed by atoms with Gasteiger partial charge in [-0.05, 0) is 49.1 Å². The predicted octanol–water partition coefficient (Wildman–Crippen LogP) is 3.99. The van der Waals surface area contributed by atoms with Crippen molar-refractivity contribution < 1.29 is 4.74 Å². The van der Waals surface area contributed by atoms with Gasteiger partial charge >= 0.3 is 0 Å². The van der Waals surface area contributed by atoms with Crippen LogP contribution in [0.4, 0.5) is 0 Å². The molecular formula is C15H18O. The molecule has 0 radical (unpaired) electrons. The third kappa shape index (κ3) is 2.35. The lowest BCUT2D eigenvalue weighted by molar-refractivity contribution is 0.357. The zero-order valence-electron chi connectivity index (χ0n) is 10.0. The molecule has 0 spiro atoms. The quantitative estimate of drug-likeness (QED) is 0.691. The van der Waals surface area contributed by atoms with Crippen molar-refractivity contribution in [3.63, 3.8) is 0 Å². The Morgan fingerprint density at radius 1 is 1.44 bits per heavy atom. The fourth-order valence-electron chi connectivity index (χ4n) is 1.88. The Balaban J connectivity index is 2.21. The summed E-state index contributed by atoms with van der Waals surface area (Å²) in [6.07, 6.45) is 4.23. The number of hydrogen-bond acceptors (Lipinski definition) is 1. The van der Waals surface area contributed by atoms with Crippen LogP contribution < -0.4 is 4.74 Å². The number of benzene rings is 1. The summed E-state index contributed by atoms with van der Waals surface area (Å²) in [4.78, 5) is 0. The zero-order valence-corrected chi connectivity index (χ0v) is 10.0. The highest BCUT2D eigenvalue weighted by Crippen LogP contribution is 2.28. The van der Waals surface area contributed by atoms with Crippen molar-refractivity contribution in [2.45, 2.75) is 26.7 Å². The van der Waals surface area contributed by atoms with Crippen molar-refractivity contribution in [1.29, 1.82) is 0 Å². The highest BCUT2D eigenvalue weighted by molar-refractivity contribution is 5.65. The molecule has 0 N–H and O–H groups in total. The maximum absolute atomic E-state index is 5.50. The fraction of sp³-hybridized carbons (Fsp3) is 0.333. The van der Waals surface area contributed by atoms with Gasteiger partial charge in [0.2, 0.25) is 0 Å². The van der Waals surface area contributed by atoms with E-state index in [9.17, 15) is 0 Å². The smallest absolute Gasteiger partial charge is 0.122 e. The van der Waals surface area contributed by atoms with E-state index in [1.165, 1.54) is 22.3 Å². The molecule has 0 saturated heterocycles. The fourth-order valence-corrected chi connectivity index (χ4v) is 1.88. The third-order valence-electron chi connectivity index (χ3n) is 2.90. The molecule has 1 heterocycles. The summed E-state index contributed by atoms with van der Waals surface area (Å²) in [7, 11) is 0. The first-order valence-electron chi connectivity index (χ1n) is 5.74. The second-order valence-corrected chi connectivity index (χ2v) is 4.47. The SMILES string of the molecule is C=C(C)C/C=C(\C)c1ccc2c(c1)CCO2. The van der Waals surface area contributed by atoms with E-state index in [1.54, 1.807) is 0 Å². The minimum absolute atomic E-state index is 0.827. The summed E-state index contributed by atoms with van der Waals surface area (Å²) in [6.45, 7) is 8.95. The van der Waals surface area contributed by atoms with E-state index in [4.69, 9.17) is 4.74 Å². The summed E-state index contributed by atoms with van der Waals surface area (Å²) in [5.74, 6) is 1.05. The Hall–Kier alpha value is -1.50. The number of allylic oxidation sites excluding steroid dienone is 3. The maximum atomic E-state index is 5.50. The molecule has 1 nitrogen and oxygen atoms in total. The van der Waals surface area contributed by atoms with Gasteiger partial charge in [-0.1, -0.05) is 24.3 Å². The molecule has 1 heteroatoms. The number of ether oxygens (including phenoxy) is 1. The molecule has 0 bridgehead atoms. The zero-order chi connectivity index (χ0) is 11.5. The van der Waals surface area contributed by atoms with Crippen LogP contribution in [0.1, 0.15) is 31.4 Å². The van der Waals surface area contributed by atoms with Gasteiger partial charge in [0.15, 0.2) is 0 Å². The van der Waals surface area contributed by atoms with Crippen LogP contribution in [0.5, 0.6) is 5.75 Å². The Kier molecular flexibility index (Phi) is 3.14. The molecule has 0 saturated carbocycles. The first-order chi connectivity index (χ1) is 7.66. The Morgan fingerprint density at radius 3 is 3.00 bits per heavy atom. The monoisotopic (exact) mass is 214 g/mol. The molecule has 0 fully saturated rings. The molecule has 0 unspecified atom stereocenters. The van der Waals surface area contributed by atoms with Crippen molar-refractivity contribution in [2.24, 2.45) is 0 Å². The van der Waals surface area contributed by atoms with Crippen LogP contribution in [0.3, 0.4) is 0 Å². The number of hydrogen-bond donors (Lipinski definition) is 0. The first kappa shape index (κ1) is 11.0. The third-order valence-corrected chi connectivity index (χ3v) is 2.90. The van der Waals surface area contributed by atoms with Gasteiger partial charge in [-0.2, -0.15) is 0 Å². The van der Waals surface area contributed by atoms with Crippen LogP contribution in [-0.2, 0) is 6.42 Å². The highest BCUT2D eigenvalue weighted by Gasteiger charge is 2.12. The van der Waals surface area contributed by atoms with Crippen LogP contribution >= 0.6 is 0 Å². The molecule has 1 aromatic carbocycles. The molecule has 1 aromatic rings. The lowest BCUT2D eigenvalue weighted by Crippen LogP contribution is -1.85. The van der Waals surface area contributed by atoms with Gasteiger partial charge in [-0.15, -0.1) is 0 Å². The van der Waals surface area contributed by atoms with E-state index in [2.05, 4.69) is 44.7 Å². The van der Waals surface area contributed by atoms with Crippen LogP contribution in [0.15, 0.2) is 36.4 Å². The van der Waals surface area contributed by atoms with Crippen LogP contribution in [0.2, 0.25) is 0 Å². The minimum Gasteiger partial charge on any atom is -0.493 e. The maximum Gasteiger partial charge on any atom is 0.122 e. The Labute approximate surface area is 97.4 Å². The van der Waals surface area contributed by atoms with E-state index in [0.717, 1.165) is 25.2 Å². The Morgan fingerprint density at radius 2 is 2.25 bits per heavy atom. The van der Waals surface area contributed by atoms with Gasteiger partial charge in [0.05, 0.1) is 6.61 Å². The van der Waals surface area contributed by atoms with E-state index in [1.807, 2.05) is 0 Å². The molecule has 1 aliphatic heterocycles. The van der Waals surface area contributed by atoms with E-state index in [-0.39, 0.29) is 0 Å². The second-order valence-electron chi connectivity index (χ2n) is 4.47. The van der Waals surface area contributed by atoms with Crippen LogP contribution in [0.25, 0.3) is 5.57 Å². The molecule has 0 aromatic heterocycles. The molecule has 0 amide bonds. The summed E-state index contributed by atoms with van der Waals surface area (Å²) in [5.41, 5.74) is 5.15. The highest BCUT2D eigenvalue weighted by atomic mass is 16.5. The van der Waals surface area contributed by atoms with Gasteiger partial charge in [-0.3, -0.25) is 0 Å². The lowest BCUT2D eigenvalue weighted by Gasteiger charge is -2.05.